The molecule has 0 unspecified atom stereocenters. The quantitative estimate of drug-likeness (QED) is 0.269. The van der Waals surface area contributed by atoms with Crippen molar-refractivity contribution in [2.24, 2.45) is 0 Å². The van der Waals surface area contributed by atoms with E-state index in [1.165, 1.54) is 12.1 Å². The van der Waals surface area contributed by atoms with Crippen LogP contribution in [-0.4, -0.2) is 21.2 Å². The van der Waals surface area contributed by atoms with E-state index in [9.17, 15) is 9.18 Å². The number of pyridine rings is 1. The Balaban J connectivity index is 1.39. The highest BCUT2D eigenvalue weighted by atomic mass is 19.1. The summed E-state index contributed by atoms with van der Waals surface area (Å²) in [6.45, 7) is 1.64. The molecule has 0 atom stereocenters. The lowest BCUT2D eigenvalue weighted by molar-refractivity contribution is 0.262. The molecule has 2 amide bonds. The Bertz CT molecular complexity index is 1500. The minimum atomic E-state index is -0.416. The summed E-state index contributed by atoms with van der Waals surface area (Å²) < 4.78 is 13.4. The van der Waals surface area contributed by atoms with Crippen LogP contribution >= 0.6 is 0 Å². The third-order valence-corrected chi connectivity index (χ3v) is 5.59. The van der Waals surface area contributed by atoms with Gasteiger partial charge in [-0.2, -0.15) is 5.10 Å². The zero-order valence-corrected chi connectivity index (χ0v) is 18.3. The highest BCUT2D eigenvalue weighted by molar-refractivity contribution is 6.08. The molecule has 0 spiro atoms. The Labute approximate surface area is 194 Å². The summed E-state index contributed by atoms with van der Waals surface area (Å²) in [6, 6.07) is 19.3. The number of rotatable bonds is 4. The molecule has 7 nitrogen and oxygen atoms in total. The Morgan fingerprint density at radius 2 is 1.68 bits per heavy atom. The summed E-state index contributed by atoms with van der Waals surface area (Å²) in [6.07, 6.45) is 3.52. The van der Waals surface area contributed by atoms with Crippen molar-refractivity contribution in [1.29, 1.82) is 0 Å². The first-order valence-corrected chi connectivity index (χ1v) is 10.6. The van der Waals surface area contributed by atoms with E-state index in [1.54, 1.807) is 25.4 Å². The highest BCUT2D eigenvalue weighted by Crippen LogP contribution is 2.37. The average molecular weight is 452 g/mol. The van der Waals surface area contributed by atoms with Crippen LogP contribution in [0.4, 0.5) is 26.4 Å². The van der Waals surface area contributed by atoms with Crippen LogP contribution in [0, 0.1) is 12.7 Å². The van der Waals surface area contributed by atoms with Crippen molar-refractivity contribution in [3.63, 3.8) is 0 Å². The van der Waals surface area contributed by atoms with Gasteiger partial charge in [0.2, 0.25) is 0 Å². The third-order valence-electron chi connectivity index (χ3n) is 5.59. The molecular weight excluding hydrogens is 431 g/mol. The fourth-order valence-corrected chi connectivity index (χ4v) is 3.91. The van der Waals surface area contributed by atoms with Crippen LogP contribution in [-0.2, 0) is 0 Å². The zero-order chi connectivity index (χ0) is 23.7. The monoisotopic (exact) mass is 452 g/mol. The first-order valence-electron chi connectivity index (χ1n) is 10.6. The minimum absolute atomic E-state index is 0.317. The Kier molecular flexibility index (Phi) is 5.39. The SMILES string of the molecule is Cc1cc(NC(=O)Nc2ccc(-c3ccc(-c4cccnc4)c4[nH]nc(N)c34)cc2)ccc1F. The number of aryl methyl sites for hydroxylation is 1. The molecule has 5 N–H and O–H groups in total. The normalized spacial score (nSPS) is 10.9. The van der Waals surface area contributed by atoms with Crippen molar-refractivity contribution in [2.75, 3.05) is 16.4 Å². The van der Waals surface area contributed by atoms with E-state index in [0.717, 1.165) is 33.2 Å². The molecule has 8 heteroatoms. The second-order valence-corrected chi connectivity index (χ2v) is 7.88. The number of nitrogen functional groups attached to an aromatic ring is 1. The standard InChI is InChI=1S/C26H21FN6O/c1-15-13-19(8-11-22(15)27)31-26(34)30-18-6-4-16(5-7-18)20-9-10-21(17-3-2-12-29-14-17)24-23(20)25(28)33-32-24/h2-14H,1H3,(H3,28,32,33)(H2,30,31,34). The van der Waals surface area contributed by atoms with Gasteiger partial charge in [-0.25, -0.2) is 9.18 Å². The van der Waals surface area contributed by atoms with Crippen LogP contribution in [0.2, 0.25) is 0 Å². The number of nitrogens with zero attached hydrogens (tertiary/aromatic N) is 2. The number of aromatic amines is 1. The lowest BCUT2D eigenvalue weighted by Crippen LogP contribution is -2.19. The van der Waals surface area contributed by atoms with Crippen LogP contribution in [0.1, 0.15) is 5.56 Å². The van der Waals surface area contributed by atoms with Gasteiger partial charge in [0, 0.05) is 34.9 Å². The lowest BCUT2D eigenvalue weighted by Gasteiger charge is -2.11. The summed E-state index contributed by atoms with van der Waals surface area (Å²) in [5.74, 6) is 0.0919. The van der Waals surface area contributed by atoms with E-state index in [4.69, 9.17) is 5.73 Å². The topological polar surface area (TPSA) is 109 Å². The number of H-pyrrole nitrogens is 1. The number of halogens is 1. The summed E-state index contributed by atoms with van der Waals surface area (Å²) in [4.78, 5) is 16.5. The smallest absolute Gasteiger partial charge is 0.323 e. The Hall–Kier alpha value is -4.72. The van der Waals surface area contributed by atoms with Gasteiger partial charge in [-0.3, -0.25) is 10.1 Å². The molecule has 168 valence electrons. The maximum Gasteiger partial charge on any atom is 0.323 e. The molecule has 0 aliphatic rings. The molecule has 2 heterocycles. The number of fused-ring (bicyclic) bond motifs is 1. The van der Waals surface area contributed by atoms with Gasteiger partial charge in [0.05, 0.1) is 10.9 Å². The van der Waals surface area contributed by atoms with Crippen molar-refractivity contribution < 1.29 is 9.18 Å². The van der Waals surface area contributed by atoms with E-state index in [-0.39, 0.29) is 5.82 Å². The van der Waals surface area contributed by atoms with Gasteiger partial charge in [-0.1, -0.05) is 30.3 Å². The van der Waals surface area contributed by atoms with Gasteiger partial charge < -0.3 is 16.4 Å². The number of carbonyl (C=O) groups is 1. The fraction of sp³-hybridized carbons (Fsp3) is 0.0385. The van der Waals surface area contributed by atoms with Gasteiger partial charge in [0.1, 0.15) is 5.82 Å². The molecular formula is C26H21FN6O. The average Bonchev–Trinajstić information content (AvgIpc) is 3.24. The maximum atomic E-state index is 13.4. The number of urea groups is 1. The molecule has 0 fully saturated rings. The van der Waals surface area contributed by atoms with Gasteiger partial charge in [-0.05, 0) is 60.0 Å². The van der Waals surface area contributed by atoms with Crippen LogP contribution in [0.15, 0.2) is 79.1 Å². The third kappa shape index (κ3) is 4.04. The molecule has 0 aliphatic carbocycles. The van der Waals surface area contributed by atoms with Crippen LogP contribution in [0.5, 0.6) is 0 Å². The van der Waals surface area contributed by atoms with Gasteiger partial charge in [0.15, 0.2) is 5.82 Å². The Morgan fingerprint density at radius 1 is 0.941 bits per heavy atom. The second-order valence-electron chi connectivity index (χ2n) is 7.88. The summed E-state index contributed by atoms with van der Waals surface area (Å²) in [5, 5.41) is 13.6. The largest absolute Gasteiger partial charge is 0.382 e. The first-order chi connectivity index (χ1) is 16.5. The summed E-state index contributed by atoms with van der Waals surface area (Å²) in [7, 11) is 0. The molecule has 0 saturated carbocycles. The van der Waals surface area contributed by atoms with Crippen molar-refractivity contribution in [3.8, 4) is 22.3 Å². The van der Waals surface area contributed by atoms with Gasteiger partial charge >= 0.3 is 6.03 Å². The Morgan fingerprint density at radius 3 is 2.41 bits per heavy atom. The number of hydrogen-bond donors (Lipinski definition) is 4. The molecule has 34 heavy (non-hydrogen) atoms. The minimum Gasteiger partial charge on any atom is -0.382 e. The molecule has 0 bridgehead atoms. The number of nitrogens with one attached hydrogen (secondary N) is 3. The molecule has 0 saturated heterocycles. The lowest BCUT2D eigenvalue weighted by atomic mass is 9.96. The molecule has 0 aliphatic heterocycles. The van der Waals surface area contributed by atoms with E-state index in [2.05, 4.69) is 25.8 Å². The number of anilines is 3. The predicted octanol–water partition coefficient (Wildman–Crippen LogP) is 5.97. The number of aromatic nitrogens is 3. The van der Waals surface area contributed by atoms with Crippen molar-refractivity contribution in [2.45, 2.75) is 6.92 Å². The van der Waals surface area contributed by atoms with Crippen molar-refractivity contribution >= 4 is 34.1 Å². The zero-order valence-electron chi connectivity index (χ0n) is 18.3. The van der Waals surface area contributed by atoms with E-state index in [1.807, 2.05) is 48.5 Å². The second kappa shape index (κ2) is 8.67. The highest BCUT2D eigenvalue weighted by Gasteiger charge is 2.15. The maximum absolute atomic E-state index is 13.4. The van der Waals surface area contributed by atoms with Crippen LogP contribution in [0.25, 0.3) is 33.2 Å². The van der Waals surface area contributed by atoms with Gasteiger partial charge in [-0.15, -0.1) is 0 Å². The summed E-state index contributed by atoms with van der Waals surface area (Å²) >= 11 is 0. The molecule has 3 aromatic carbocycles. The van der Waals surface area contributed by atoms with E-state index >= 15 is 0 Å². The van der Waals surface area contributed by atoms with E-state index in [0.29, 0.717) is 22.8 Å². The first kappa shape index (κ1) is 21.1. The number of amides is 2. The van der Waals surface area contributed by atoms with Crippen LogP contribution < -0.4 is 16.4 Å². The summed E-state index contributed by atoms with van der Waals surface area (Å²) in [5.41, 5.74) is 12.4. The number of carbonyl (C=O) groups excluding carboxylic acids is 1. The number of benzene rings is 3. The molecule has 5 aromatic rings. The molecule has 0 radical (unpaired) electrons. The van der Waals surface area contributed by atoms with Crippen molar-refractivity contribution in [3.05, 3.63) is 90.5 Å². The number of hydrogen-bond acceptors (Lipinski definition) is 4. The molecule has 5 rings (SSSR count). The number of nitrogens with two attached hydrogens (primary N) is 1. The van der Waals surface area contributed by atoms with E-state index < -0.39 is 6.03 Å². The van der Waals surface area contributed by atoms with Crippen LogP contribution in [0.3, 0.4) is 0 Å². The predicted molar refractivity (Wildman–Crippen MR) is 133 cm³/mol. The van der Waals surface area contributed by atoms with Gasteiger partial charge in [0.25, 0.3) is 0 Å². The fourth-order valence-electron chi connectivity index (χ4n) is 3.91. The van der Waals surface area contributed by atoms with Crippen molar-refractivity contribution in [1.82, 2.24) is 15.2 Å². The molecule has 2 aromatic heterocycles.